The zero-order valence-corrected chi connectivity index (χ0v) is 16.7. The molecular formula is C19H22N4O5S. The zero-order valence-electron chi connectivity index (χ0n) is 15.9. The molecule has 1 aromatic carbocycles. The number of nitrogens with one attached hydrogen (secondary N) is 3. The van der Waals surface area contributed by atoms with Crippen LogP contribution < -0.4 is 10.6 Å². The number of amides is 4. The molecule has 29 heavy (non-hydrogen) atoms. The van der Waals surface area contributed by atoms with Gasteiger partial charge in [0.15, 0.2) is 9.84 Å². The highest BCUT2D eigenvalue weighted by Gasteiger charge is 2.42. The maximum Gasteiger partial charge on any atom is 0.325 e. The zero-order chi connectivity index (χ0) is 20.8. The monoisotopic (exact) mass is 418 g/mol. The van der Waals surface area contributed by atoms with Crippen molar-refractivity contribution in [2.45, 2.75) is 31.3 Å². The lowest BCUT2D eigenvalue weighted by atomic mass is 10.0. The van der Waals surface area contributed by atoms with Crippen molar-refractivity contribution >= 4 is 38.6 Å². The van der Waals surface area contributed by atoms with E-state index in [4.69, 9.17) is 0 Å². The van der Waals surface area contributed by atoms with Crippen LogP contribution in [0.4, 0.5) is 4.79 Å². The van der Waals surface area contributed by atoms with Crippen molar-refractivity contribution in [1.82, 2.24) is 20.5 Å². The number of para-hydroxylation sites is 1. The molecule has 3 heterocycles. The Kier molecular flexibility index (Phi) is 4.60. The van der Waals surface area contributed by atoms with Crippen LogP contribution in [-0.2, 0) is 25.8 Å². The largest absolute Gasteiger partial charge is 0.361 e. The number of hydrogen-bond donors (Lipinski definition) is 3. The SMILES string of the molecule is C[C@@]1(NC(=O)CN2C(=O)N[C@@H](Cc3c[nH]c4ccccc34)C2=O)CCS(=O)(=O)C1. The minimum atomic E-state index is -3.18. The second-order valence-electron chi connectivity index (χ2n) is 7.94. The third-order valence-electron chi connectivity index (χ3n) is 5.45. The number of H-pyrrole nitrogens is 1. The number of hydrogen-bond acceptors (Lipinski definition) is 5. The van der Waals surface area contributed by atoms with Crippen molar-refractivity contribution in [2.75, 3.05) is 18.1 Å². The van der Waals surface area contributed by atoms with Crippen LogP contribution in [0.5, 0.6) is 0 Å². The molecule has 0 aliphatic carbocycles. The first kappa shape index (κ1) is 19.4. The van der Waals surface area contributed by atoms with Crippen LogP contribution in [0, 0.1) is 0 Å². The van der Waals surface area contributed by atoms with Gasteiger partial charge in [0.25, 0.3) is 5.91 Å². The number of rotatable bonds is 5. The summed E-state index contributed by atoms with van der Waals surface area (Å²) < 4.78 is 23.4. The summed E-state index contributed by atoms with van der Waals surface area (Å²) in [5, 5.41) is 6.27. The van der Waals surface area contributed by atoms with Gasteiger partial charge >= 0.3 is 6.03 Å². The lowest BCUT2D eigenvalue weighted by Crippen LogP contribution is -2.51. The first-order chi connectivity index (χ1) is 13.7. The van der Waals surface area contributed by atoms with Gasteiger partial charge in [-0.15, -0.1) is 0 Å². The molecule has 4 amide bonds. The van der Waals surface area contributed by atoms with Crippen molar-refractivity contribution in [1.29, 1.82) is 0 Å². The summed E-state index contributed by atoms with van der Waals surface area (Å²) in [6.07, 6.45) is 2.42. The smallest absolute Gasteiger partial charge is 0.325 e. The highest BCUT2D eigenvalue weighted by Crippen LogP contribution is 2.23. The van der Waals surface area contributed by atoms with E-state index >= 15 is 0 Å². The maximum atomic E-state index is 12.7. The molecule has 3 N–H and O–H groups in total. The highest BCUT2D eigenvalue weighted by molar-refractivity contribution is 7.91. The van der Waals surface area contributed by atoms with Gasteiger partial charge in [-0.1, -0.05) is 18.2 Å². The van der Waals surface area contributed by atoms with E-state index in [9.17, 15) is 22.8 Å². The van der Waals surface area contributed by atoms with Crippen LogP contribution in [0.1, 0.15) is 18.9 Å². The fourth-order valence-electron chi connectivity index (χ4n) is 4.01. The van der Waals surface area contributed by atoms with Gasteiger partial charge < -0.3 is 15.6 Å². The first-order valence-electron chi connectivity index (χ1n) is 9.34. The quantitative estimate of drug-likeness (QED) is 0.603. The van der Waals surface area contributed by atoms with Gasteiger partial charge in [0, 0.05) is 23.5 Å². The minimum absolute atomic E-state index is 0.0135. The maximum absolute atomic E-state index is 12.7. The minimum Gasteiger partial charge on any atom is -0.361 e. The summed E-state index contributed by atoms with van der Waals surface area (Å²) in [5.74, 6) is -1.16. The normalized spacial score (nSPS) is 26.1. The van der Waals surface area contributed by atoms with E-state index in [1.807, 2.05) is 24.3 Å². The molecule has 0 bridgehead atoms. The summed E-state index contributed by atoms with van der Waals surface area (Å²) in [7, 11) is -3.18. The summed E-state index contributed by atoms with van der Waals surface area (Å²) >= 11 is 0. The van der Waals surface area contributed by atoms with E-state index in [0.717, 1.165) is 21.4 Å². The topological polar surface area (TPSA) is 128 Å². The molecule has 4 rings (SSSR count). The lowest BCUT2D eigenvalue weighted by molar-refractivity contribution is -0.132. The molecule has 0 saturated carbocycles. The first-order valence-corrected chi connectivity index (χ1v) is 11.2. The number of carbonyl (C=O) groups is 3. The number of aromatic nitrogens is 1. The molecule has 154 valence electrons. The predicted molar refractivity (Wildman–Crippen MR) is 106 cm³/mol. The van der Waals surface area contributed by atoms with E-state index in [1.165, 1.54) is 0 Å². The van der Waals surface area contributed by atoms with Crippen LogP contribution in [0.3, 0.4) is 0 Å². The van der Waals surface area contributed by atoms with Gasteiger partial charge in [0.2, 0.25) is 5.91 Å². The van der Waals surface area contributed by atoms with Gasteiger partial charge in [-0.2, -0.15) is 0 Å². The molecule has 0 unspecified atom stereocenters. The molecule has 0 radical (unpaired) electrons. The molecule has 2 aromatic rings. The fourth-order valence-corrected chi connectivity index (χ4v) is 6.11. The molecular weight excluding hydrogens is 396 g/mol. The number of imide groups is 1. The summed E-state index contributed by atoms with van der Waals surface area (Å²) in [5.41, 5.74) is 0.961. The van der Waals surface area contributed by atoms with Gasteiger partial charge in [0.05, 0.1) is 17.0 Å². The summed E-state index contributed by atoms with van der Waals surface area (Å²) in [4.78, 5) is 41.3. The third kappa shape index (κ3) is 3.84. The Labute approximate surface area is 167 Å². The van der Waals surface area contributed by atoms with Crippen LogP contribution in [0.2, 0.25) is 0 Å². The van der Waals surface area contributed by atoms with Crippen LogP contribution >= 0.6 is 0 Å². The number of aromatic amines is 1. The third-order valence-corrected chi connectivity index (χ3v) is 7.36. The van der Waals surface area contributed by atoms with Gasteiger partial charge in [-0.25, -0.2) is 13.2 Å². The summed E-state index contributed by atoms with van der Waals surface area (Å²) in [6, 6.07) is 6.28. The Bertz CT molecular complexity index is 1110. The van der Waals surface area contributed by atoms with E-state index < -0.39 is 45.8 Å². The van der Waals surface area contributed by atoms with Crippen molar-refractivity contribution in [3.63, 3.8) is 0 Å². The van der Waals surface area contributed by atoms with Crippen LogP contribution in [0.15, 0.2) is 30.5 Å². The van der Waals surface area contributed by atoms with Gasteiger partial charge in [-0.05, 0) is 25.0 Å². The molecule has 9 nitrogen and oxygen atoms in total. The molecule has 2 fully saturated rings. The van der Waals surface area contributed by atoms with E-state index in [-0.39, 0.29) is 11.5 Å². The van der Waals surface area contributed by atoms with E-state index in [2.05, 4.69) is 15.6 Å². The van der Waals surface area contributed by atoms with Crippen LogP contribution in [0.25, 0.3) is 10.9 Å². The molecule has 2 atom stereocenters. The Morgan fingerprint density at radius 2 is 2.07 bits per heavy atom. The standard InChI is InChI=1S/C19H22N4O5S/c1-19(6-7-29(27,28)11-19)22-16(24)10-23-17(25)15(21-18(23)26)8-12-9-20-14-5-3-2-4-13(12)14/h2-5,9,15,20H,6-8,10-11H2,1H3,(H,21,26)(H,22,24)/t15-,19+/m0/s1. The molecule has 2 aliphatic heterocycles. The Morgan fingerprint density at radius 3 is 2.79 bits per heavy atom. The number of nitrogens with zero attached hydrogens (tertiary/aromatic N) is 1. The van der Waals surface area contributed by atoms with E-state index in [1.54, 1.807) is 13.1 Å². The second kappa shape index (κ2) is 6.87. The Hall–Kier alpha value is -2.88. The molecule has 2 aliphatic rings. The Balaban J connectivity index is 1.41. The highest BCUT2D eigenvalue weighted by atomic mass is 32.2. The Morgan fingerprint density at radius 1 is 1.31 bits per heavy atom. The number of benzene rings is 1. The summed E-state index contributed by atoms with van der Waals surface area (Å²) in [6.45, 7) is 1.21. The predicted octanol–water partition coefficient (Wildman–Crippen LogP) is 0.324. The van der Waals surface area contributed by atoms with Crippen molar-refractivity contribution < 1.29 is 22.8 Å². The van der Waals surface area contributed by atoms with E-state index in [0.29, 0.717) is 12.8 Å². The van der Waals surface area contributed by atoms with Crippen molar-refractivity contribution in [3.8, 4) is 0 Å². The number of sulfone groups is 1. The number of carbonyl (C=O) groups excluding carboxylic acids is 3. The average molecular weight is 418 g/mol. The van der Waals surface area contributed by atoms with Gasteiger partial charge in [-0.3, -0.25) is 14.5 Å². The number of fused-ring (bicyclic) bond motifs is 1. The number of urea groups is 1. The average Bonchev–Trinajstić information content (AvgIpc) is 3.26. The van der Waals surface area contributed by atoms with Crippen molar-refractivity contribution in [2.24, 2.45) is 0 Å². The molecule has 10 heteroatoms. The second-order valence-corrected chi connectivity index (χ2v) is 10.1. The fraction of sp³-hybridized carbons (Fsp3) is 0.421. The lowest BCUT2D eigenvalue weighted by Gasteiger charge is -2.25. The molecule has 2 saturated heterocycles. The van der Waals surface area contributed by atoms with Gasteiger partial charge in [0.1, 0.15) is 12.6 Å². The molecule has 0 spiro atoms. The van der Waals surface area contributed by atoms with Crippen LogP contribution in [-0.4, -0.2) is 65.8 Å². The van der Waals surface area contributed by atoms with Crippen molar-refractivity contribution in [3.05, 3.63) is 36.0 Å². The molecule has 1 aromatic heterocycles.